The van der Waals surface area contributed by atoms with Crippen molar-refractivity contribution in [2.45, 2.75) is 53.0 Å². The molecule has 1 heterocycles. The van der Waals surface area contributed by atoms with Gasteiger partial charge < -0.3 is 15.0 Å². The summed E-state index contributed by atoms with van der Waals surface area (Å²) < 4.78 is 5.27. The molecular formula is C16H30N4O. The Morgan fingerprint density at radius 2 is 1.90 bits per heavy atom. The third kappa shape index (κ3) is 5.16. The summed E-state index contributed by atoms with van der Waals surface area (Å²) in [5, 5.41) is 3.30. The number of anilines is 2. The molecule has 0 aromatic carbocycles. The van der Waals surface area contributed by atoms with Crippen molar-refractivity contribution >= 4 is 11.6 Å². The Morgan fingerprint density at radius 3 is 2.43 bits per heavy atom. The molecular weight excluding hydrogens is 264 g/mol. The molecule has 0 aliphatic carbocycles. The zero-order valence-electron chi connectivity index (χ0n) is 14.1. The van der Waals surface area contributed by atoms with E-state index >= 15 is 0 Å². The third-order valence-electron chi connectivity index (χ3n) is 3.65. The van der Waals surface area contributed by atoms with Gasteiger partial charge in [-0.1, -0.05) is 20.8 Å². The fourth-order valence-electron chi connectivity index (χ4n) is 2.46. The Balaban J connectivity index is 3.11. The first-order chi connectivity index (χ1) is 10.2. The molecule has 1 aromatic rings. The summed E-state index contributed by atoms with van der Waals surface area (Å²) in [5.74, 6) is 2.80. The molecule has 0 saturated heterocycles. The minimum absolute atomic E-state index is 0.481. The first-order valence-electron chi connectivity index (χ1n) is 8.07. The van der Waals surface area contributed by atoms with Crippen LogP contribution in [-0.2, 0) is 11.2 Å². The first kappa shape index (κ1) is 17.7. The van der Waals surface area contributed by atoms with Gasteiger partial charge in [0.25, 0.3) is 0 Å². The number of rotatable bonds is 10. The number of hydrogen-bond donors (Lipinski definition) is 1. The van der Waals surface area contributed by atoms with Crippen molar-refractivity contribution in [1.82, 2.24) is 9.97 Å². The lowest BCUT2D eigenvalue weighted by atomic mass is 10.1. The van der Waals surface area contributed by atoms with Crippen LogP contribution in [0.15, 0.2) is 6.07 Å². The molecule has 0 aliphatic rings. The van der Waals surface area contributed by atoms with Crippen molar-refractivity contribution in [1.29, 1.82) is 0 Å². The Hall–Kier alpha value is -1.36. The molecule has 0 bridgehead atoms. The van der Waals surface area contributed by atoms with Crippen molar-refractivity contribution in [3.05, 3.63) is 11.9 Å². The Kier molecular flexibility index (Phi) is 8.05. The summed E-state index contributed by atoms with van der Waals surface area (Å²) >= 11 is 0. The molecule has 0 radical (unpaired) electrons. The zero-order valence-corrected chi connectivity index (χ0v) is 14.1. The second-order valence-corrected chi connectivity index (χ2v) is 5.07. The van der Waals surface area contributed by atoms with E-state index in [2.05, 4.69) is 49.0 Å². The van der Waals surface area contributed by atoms with Crippen LogP contribution in [0.3, 0.4) is 0 Å². The summed E-state index contributed by atoms with van der Waals surface area (Å²) in [6.45, 7) is 11.0. The Bertz CT molecular complexity index is 407. The van der Waals surface area contributed by atoms with Crippen LogP contribution in [0.4, 0.5) is 11.6 Å². The summed E-state index contributed by atoms with van der Waals surface area (Å²) in [7, 11) is 1.74. The van der Waals surface area contributed by atoms with Crippen LogP contribution in [0.1, 0.15) is 46.4 Å². The Morgan fingerprint density at radius 1 is 1.19 bits per heavy atom. The van der Waals surface area contributed by atoms with Gasteiger partial charge in [-0.05, 0) is 19.8 Å². The van der Waals surface area contributed by atoms with Gasteiger partial charge in [-0.2, -0.15) is 0 Å². The van der Waals surface area contributed by atoms with Crippen LogP contribution < -0.4 is 10.2 Å². The molecule has 0 amide bonds. The monoisotopic (exact) mass is 294 g/mol. The summed E-state index contributed by atoms with van der Waals surface area (Å²) in [6.07, 6.45) is 3.04. The number of aromatic nitrogens is 2. The van der Waals surface area contributed by atoms with Crippen molar-refractivity contribution < 1.29 is 4.74 Å². The molecule has 5 nitrogen and oxygen atoms in total. The van der Waals surface area contributed by atoms with Crippen LogP contribution in [0, 0.1) is 0 Å². The van der Waals surface area contributed by atoms with E-state index in [-0.39, 0.29) is 0 Å². The first-order valence-corrected chi connectivity index (χ1v) is 8.07. The lowest BCUT2D eigenvalue weighted by Gasteiger charge is -2.32. The van der Waals surface area contributed by atoms with Crippen LogP contribution in [0.25, 0.3) is 0 Å². The van der Waals surface area contributed by atoms with Crippen LogP contribution in [-0.4, -0.2) is 42.8 Å². The number of nitrogens with zero attached hydrogens (tertiary/aromatic N) is 3. The van der Waals surface area contributed by atoms with Crippen molar-refractivity contribution in [3.8, 4) is 0 Å². The van der Waals surface area contributed by atoms with Gasteiger partial charge in [-0.15, -0.1) is 0 Å². The highest BCUT2D eigenvalue weighted by Gasteiger charge is 2.18. The van der Waals surface area contributed by atoms with E-state index in [1.54, 1.807) is 7.11 Å². The average molecular weight is 294 g/mol. The van der Waals surface area contributed by atoms with E-state index < -0.39 is 0 Å². The van der Waals surface area contributed by atoms with Crippen molar-refractivity contribution in [2.24, 2.45) is 0 Å². The molecule has 21 heavy (non-hydrogen) atoms. The van der Waals surface area contributed by atoms with Crippen LogP contribution in [0.2, 0.25) is 0 Å². The van der Waals surface area contributed by atoms with Gasteiger partial charge >= 0.3 is 0 Å². The third-order valence-corrected chi connectivity index (χ3v) is 3.65. The van der Waals surface area contributed by atoms with Crippen molar-refractivity contribution in [3.63, 3.8) is 0 Å². The SMILES string of the molecule is CCNc1cc(N(CCOC)C(CC)CC)nc(CC)n1. The van der Waals surface area contributed by atoms with Crippen molar-refractivity contribution in [2.75, 3.05) is 37.0 Å². The quantitative estimate of drug-likeness (QED) is 0.718. The molecule has 120 valence electrons. The molecule has 1 aromatic heterocycles. The molecule has 0 unspecified atom stereocenters. The lowest BCUT2D eigenvalue weighted by molar-refractivity contribution is 0.202. The number of nitrogens with one attached hydrogen (secondary N) is 1. The molecule has 0 saturated carbocycles. The maximum atomic E-state index is 5.27. The predicted molar refractivity (Wildman–Crippen MR) is 89.2 cm³/mol. The van der Waals surface area contributed by atoms with E-state index in [4.69, 9.17) is 9.72 Å². The lowest BCUT2D eigenvalue weighted by Crippen LogP contribution is -2.38. The average Bonchev–Trinajstić information content (AvgIpc) is 2.51. The molecule has 0 spiro atoms. The van der Waals surface area contributed by atoms with Gasteiger partial charge in [0.2, 0.25) is 0 Å². The van der Waals surface area contributed by atoms with Gasteiger partial charge in [-0.25, -0.2) is 9.97 Å². The van der Waals surface area contributed by atoms with Gasteiger partial charge in [0.05, 0.1) is 6.61 Å². The van der Waals surface area contributed by atoms with E-state index in [1.165, 1.54) is 0 Å². The van der Waals surface area contributed by atoms with E-state index in [9.17, 15) is 0 Å². The van der Waals surface area contributed by atoms with Gasteiger partial charge in [0.15, 0.2) is 0 Å². The number of hydrogen-bond acceptors (Lipinski definition) is 5. The smallest absolute Gasteiger partial charge is 0.134 e. The molecule has 1 N–H and O–H groups in total. The second kappa shape index (κ2) is 9.55. The number of ether oxygens (including phenoxy) is 1. The standard InChI is InChI=1S/C16H30N4O/c1-6-13(7-2)20(10-11-21-5)16-12-15(17-9-4)18-14(8-3)19-16/h12-13H,6-11H2,1-5H3,(H,17,18,19). The highest BCUT2D eigenvalue weighted by atomic mass is 16.5. The molecule has 5 heteroatoms. The highest BCUT2D eigenvalue weighted by molar-refractivity contribution is 5.50. The summed E-state index contributed by atoms with van der Waals surface area (Å²) in [4.78, 5) is 11.6. The molecule has 0 aliphatic heterocycles. The van der Waals surface area contributed by atoms with Gasteiger partial charge in [0.1, 0.15) is 17.5 Å². The largest absolute Gasteiger partial charge is 0.383 e. The van der Waals surface area contributed by atoms with E-state index in [0.717, 1.165) is 49.8 Å². The minimum Gasteiger partial charge on any atom is -0.383 e. The topological polar surface area (TPSA) is 50.3 Å². The molecule has 1 rings (SSSR count). The molecule has 0 fully saturated rings. The second-order valence-electron chi connectivity index (χ2n) is 5.07. The van der Waals surface area contributed by atoms with E-state index in [0.29, 0.717) is 12.6 Å². The predicted octanol–water partition coefficient (Wildman–Crippen LogP) is 3.11. The maximum Gasteiger partial charge on any atom is 0.134 e. The van der Waals surface area contributed by atoms with Gasteiger partial charge in [-0.3, -0.25) is 0 Å². The Labute approximate surface area is 129 Å². The normalized spacial score (nSPS) is 11.0. The van der Waals surface area contributed by atoms with Crippen LogP contribution >= 0.6 is 0 Å². The summed E-state index contributed by atoms with van der Waals surface area (Å²) in [6, 6.07) is 2.53. The maximum absolute atomic E-state index is 5.27. The fourth-order valence-corrected chi connectivity index (χ4v) is 2.46. The number of aryl methyl sites for hydroxylation is 1. The minimum atomic E-state index is 0.481. The van der Waals surface area contributed by atoms with Gasteiger partial charge in [0, 0.05) is 38.7 Å². The van der Waals surface area contributed by atoms with E-state index in [1.807, 2.05) is 0 Å². The summed E-state index contributed by atoms with van der Waals surface area (Å²) in [5.41, 5.74) is 0. The highest BCUT2D eigenvalue weighted by Crippen LogP contribution is 2.21. The fraction of sp³-hybridized carbons (Fsp3) is 0.750. The number of methoxy groups -OCH3 is 1. The van der Waals surface area contributed by atoms with Crippen LogP contribution in [0.5, 0.6) is 0 Å². The molecule has 0 atom stereocenters. The zero-order chi connectivity index (χ0) is 15.7.